The van der Waals surface area contributed by atoms with E-state index in [9.17, 15) is 18.0 Å². The molecule has 0 atom stereocenters. The van der Waals surface area contributed by atoms with Crippen molar-refractivity contribution in [3.63, 3.8) is 0 Å². The summed E-state index contributed by atoms with van der Waals surface area (Å²) >= 11 is 4.97. The second kappa shape index (κ2) is 4.91. The van der Waals surface area contributed by atoms with Gasteiger partial charge in [0.25, 0.3) is 0 Å². The maximum atomic E-state index is 12.1. The van der Waals surface area contributed by atoms with Crippen molar-refractivity contribution in [1.29, 1.82) is 0 Å². The highest BCUT2D eigenvalue weighted by Gasteiger charge is 2.32. The second-order valence-corrected chi connectivity index (χ2v) is 4.88. The number of ether oxygens (including phenoxy) is 1. The molecule has 0 aliphatic rings. The molecule has 0 bridgehead atoms. The third-order valence-electron chi connectivity index (χ3n) is 1.63. The van der Waals surface area contributed by atoms with E-state index in [1.165, 1.54) is 13.0 Å². The van der Waals surface area contributed by atoms with E-state index in [2.05, 4.69) is 20.7 Å². The summed E-state index contributed by atoms with van der Waals surface area (Å²) in [4.78, 5) is 11.1. The van der Waals surface area contributed by atoms with E-state index in [-0.39, 0.29) is 5.56 Å². The van der Waals surface area contributed by atoms with E-state index in [1.54, 1.807) is 0 Å². The zero-order chi connectivity index (χ0) is 12.5. The highest BCUT2D eigenvalue weighted by atomic mass is 127. The minimum Gasteiger partial charge on any atom is -0.405 e. The van der Waals surface area contributed by atoms with Gasteiger partial charge in [-0.15, -0.1) is 13.2 Å². The van der Waals surface area contributed by atoms with E-state index in [0.29, 0.717) is 8.04 Å². The zero-order valence-corrected chi connectivity index (χ0v) is 11.6. The van der Waals surface area contributed by atoms with Gasteiger partial charge >= 0.3 is 6.36 Å². The Kier molecular flexibility index (Phi) is 4.22. The molecule has 7 heteroatoms. The van der Waals surface area contributed by atoms with Crippen molar-refractivity contribution in [2.75, 3.05) is 0 Å². The first kappa shape index (κ1) is 13.8. The lowest BCUT2D eigenvalue weighted by atomic mass is 10.1. The summed E-state index contributed by atoms with van der Waals surface area (Å²) in [6.07, 6.45) is -4.81. The van der Waals surface area contributed by atoms with Gasteiger partial charge in [0.15, 0.2) is 5.78 Å². The van der Waals surface area contributed by atoms with Crippen LogP contribution in [0.5, 0.6) is 5.75 Å². The van der Waals surface area contributed by atoms with Crippen LogP contribution in [-0.2, 0) is 0 Å². The van der Waals surface area contributed by atoms with Crippen molar-refractivity contribution >= 4 is 44.3 Å². The van der Waals surface area contributed by atoms with Crippen LogP contribution in [0.15, 0.2) is 16.6 Å². The van der Waals surface area contributed by atoms with Crippen LogP contribution in [0.4, 0.5) is 13.2 Å². The molecule has 1 aromatic rings. The molecule has 0 aromatic heterocycles. The highest BCUT2D eigenvalue weighted by molar-refractivity contribution is 14.1. The molecule has 0 N–H and O–H groups in total. The molecule has 16 heavy (non-hydrogen) atoms. The van der Waals surface area contributed by atoms with Gasteiger partial charge in [0.2, 0.25) is 0 Å². The second-order valence-electron chi connectivity index (χ2n) is 2.87. The Bertz CT molecular complexity index is 431. The molecular weight excluding hydrogens is 404 g/mol. The average molecular weight is 409 g/mol. The molecule has 1 rings (SSSR count). The first-order valence-corrected chi connectivity index (χ1v) is 5.83. The van der Waals surface area contributed by atoms with Crippen LogP contribution < -0.4 is 4.74 Å². The number of carbonyl (C=O) groups excluding carboxylic acids is 1. The Labute approximate surface area is 111 Å². The van der Waals surface area contributed by atoms with Gasteiger partial charge in [-0.25, -0.2) is 0 Å². The first-order chi connectivity index (χ1) is 7.20. The monoisotopic (exact) mass is 408 g/mol. The lowest BCUT2D eigenvalue weighted by molar-refractivity contribution is -0.274. The molecule has 0 amide bonds. The zero-order valence-electron chi connectivity index (χ0n) is 7.86. The summed E-state index contributed by atoms with van der Waals surface area (Å²) < 4.78 is 41.1. The van der Waals surface area contributed by atoms with Gasteiger partial charge in [-0.1, -0.05) is 0 Å². The molecule has 88 valence electrons. The Morgan fingerprint density at radius 1 is 1.44 bits per heavy atom. The van der Waals surface area contributed by atoms with Crippen LogP contribution in [0.3, 0.4) is 0 Å². The van der Waals surface area contributed by atoms with E-state index < -0.39 is 17.9 Å². The number of carbonyl (C=O) groups is 1. The molecular formula is C9H5BrF3IO2. The third-order valence-corrected chi connectivity index (χ3v) is 3.92. The van der Waals surface area contributed by atoms with Crippen molar-refractivity contribution in [3.05, 3.63) is 25.7 Å². The smallest absolute Gasteiger partial charge is 0.405 e. The molecule has 0 aliphatic heterocycles. The minimum atomic E-state index is -4.81. The molecule has 2 nitrogen and oxygen atoms in total. The lowest BCUT2D eigenvalue weighted by Crippen LogP contribution is -2.19. The van der Waals surface area contributed by atoms with Gasteiger partial charge in [-0.3, -0.25) is 4.79 Å². The number of Topliss-reactive ketones (excluding diaryl/α,β-unsaturated/α-hetero) is 1. The van der Waals surface area contributed by atoms with Gasteiger partial charge in [0, 0.05) is 8.04 Å². The first-order valence-electron chi connectivity index (χ1n) is 3.96. The fourth-order valence-electron chi connectivity index (χ4n) is 1.01. The quantitative estimate of drug-likeness (QED) is 0.542. The summed E-state index contributed by atoms with van der Waals surface area (Å²) in [6, 6.07) is 2.47. The predicted octanol–water partition coefficient (Wildman–Crippen LogP) is 4.15. The highest BCUT2D eigenvalue weighted by Crippen LogP contribution is 2.32. The number of rotatable bonds is 2. The Morgan fingerprint density at radius 3 is 2.44 bits per heavy atom. The largest absolute Gasteiger partial charge is 0.573 e. The van der Waals surface area contributed by atoms with Crippen molar-refractivity contribution in [2.45, 2.75) is 13.3 Å². The molecule has 1 aromatic carbocycles. The Morgan fingerprint density at radius 2 is 2.00 bits per heavy atom. The summed E-state index contributed by atoms with van der Waals surface area (Å²) in [6.45, 7) is 1.18. The van der Waals surface area contributed by atoms with E-state index in [1.807, 2.05) is 22.6 Å². The van der Waals surface area contributed by atoms with Crippen molar-refractivity contribution < 1.29 is 22.7 Å². The van der Waals surface area contributed by atoms with Gasteiger partial charge < -0.3 is 4.74 Å². The van der Waals surface area contributed by atoms with E-state index in [4.69, 9.17) is 0 Å². The maximum absolute atomic E-state index is 12.1. The Hall–Kier alpha value is -0.310. The molecule has 0 heterocycles. The number of alkyl halides is 3. The van der Waals surface area contributed by atoms with Crippen LogP contribution in [0.1, 0.15) is 17.3 Å². The van der Waals surface area contributed by atoms with Gasteiger partial charge in [0.05, 0.1) is 5.56 Å². The van der Waals surface area contributed by atoms with Crippen LogP contribution in [0.2, 0.25) is 0 Å². The summed E-state index contributed by atoms with van der Waals surface area (Å²) in [5, 5.41) is 0. The molecule has 0 aliphatic carbocycles. The maximum Gasteiger partial charge on any atom is 0.573 e. The average Bonchev–Trinajstić information content (AvgIpc) is 2.07. The van der Waals surface area contributed by atoms with Crippen molar-refractivity contribution in [2.24, 2.45) is 0 Å². The molecule has 0 saturated carbocycles. The lowest BCUT2D eigenvalue weighted by Gasteiger charge is -2.12. The summed E-state index contributed by atoms with van der Waals surface area (Å²) in [5.41, 5.74) is -0.0927. The molecule has 0 unspecified atom stereocenters. The van der Waals surface area contributed by atoms with Crippen LogP contribution in [0, 0.1) is 3.57 Å². The fourth-order valence-corrected chi connectivity index (χ4v) is 1.80. The van der Waals surface area contributed by atoms with Gasteiger partial charge in [0.1, 0.15) is 5.75 Å². The number of hydrogen-bond donors (Lipinski definition) is 0. The number of hydrogen-bond acceptors (Lipinski definition) is 2. The van der Waals surface area contributed by atoms with Crippen LogP contribution in [-0.4, -0.2) is 12.1 Å². The van der Waals surface area contributed by atoms with Crippen LogP contribution >= 0.6 is 38.5 Å². The van der Waals surface area contributed by atoms with Gasteiger partial charge in [-0.05, 0) is 57.6 Å². The predicted molar refractivity (Wildman–Crippen MR) is 63.5 cm³/mol. The number of halogens is 5. The van der Waals surface area contributed by atoms with Gasteiger partial charge in [-0.2, -0.15) is 0 Å². The van der Waals surface area contributed by atoms with Crippen LogP contribution in [0.25, 0.3) is 0 Å². The van der Waals surface area contributed by atoms with Crippen molar-refractivity contribution in [1.82, 2.24) is 0 Å². The van der Waals surface area contributed by atoms with Crippen molar-refractivity contribution in [3.8, 4) is 5.75 Å². The Balaban J connectivity index is 3.25. The standard InChI is InChI=1S/C9H5BrF3IO2/c1-4(15)5-2-7(14)6(10)3-8(5)16-9(11,12)13/h2-3H,1H3. The molecule has 0 spiro atoms. The van der Waals surface area contributed by atoms with E-state index in [0.717, 1.165) is 6.07 Å². The fraction of sp³-hybridized carbons (Fsp3) is 0.222. The molecule has 0 radical (unpaired) electrons. The molecule has 0 fully saturated rings. The summed E-state index contributed by atoms with van der Waals surface area (Å²) in [7, 11) is 0. The minimum absolute atomic E-state index is 0.0927. The molecule has 0 saturated heterocycles. The number of benzene rings is 1. The number of ketones is 1. The third kappa shape index (κ3) is 3.62. The summed E-state index contributed by atoms with van der Waals surface area (Å²) in [5.74, 6) is -0.975. The topological polar surface area (TPSA) is 26.3 Å². The SMILES string of the molecule is CC(=O)c1cc(I)c(Br)cc1OC(F)(F)F. The normalized spacial score (nSPS) is 11.4. The van der Waals surface area contributed by atoms with E-state index >= 15 is 0 Å².